The monoisotopic (exact) mass is 480 g/mol. The number of morpholine rings is 1. The summed E-state index contributed by atoms with van der Waals surface area (Å²) in [6, 6.07) is 15.3. The molecule has 1 aromatic heterocycles. The van der Waals surface area contributed by atoms with Gasteiger partial charge in [-0.05, 0) is 24.6 Å². The Morgan fingerprint density at radius 2 is 1.77 bits per heavy atom. The van der Waals surface area contributed by atoms with Crippen molar-refractivity contribution in [3.8, 4) is 5.75 Å². The van der Waals surface area contributed by atoms with E-state index in [4.69, 9.17) is 14.2 Å². The van der Waals surface area contributed by atoms with Crippen molar-refractivity contribution < 1.29 is 30.0 Å². The quantitative estimate of drug-likeness (QED) is 0.250. The van der Waals surface area contributed by atoms with Crippen LogP contribution in [0.5, 0.6) is 5.75 Å². The summed E-state index contributed by atoms with van der Waals surface area (Å²) in [5, 5.41) is 0.530. The number of fused-ring (bicyclic) bond motifs is 1. The summed E-state index contributed by atoms with van der Waals surface area (Å²) in [6.45, 7) is 7.25. The van der Waals surface area contributed by atoms with Gasteiger partial charge in [-0.25, -0.2) is 4.79 Å². The van der Waals surface area contributed by atoms with Gasteiger partial charge >= 0.3 is 5.97 Å². The molecule has 0 spiro atoms. The number of carbonyl (C=O) groups is 3. The fraction of sp³-hybridized carbons (Fsp3) is 0.370. The van der Waals surface area contributed by atoms with E-state index in [0.29, 0.717) is 48.7 Å². The number of benzene rings is 2. The van der Waals surface area contributed by atoms with E-state index in [-0.39, 0.29) is 14.6 Å². The van der Waals surface area contributed by atoms with Crippen LogP contribution in [0.4, 0.5) is 0 Å². The lowest BCUT2D eigenvalue weighted by Gasteiger charge is -2.26. The first-order valence-electron chi connectivity index (χ1n) is 11.7. The predicted molar refractivity (Wildman–Crippen MR) is 133 cm³/mol. The Balaban J connectivity index is 0.00000361. The maximum Gasteiger partial charge on any atom is 0.344 e. The van der Waals surface area contributed by atoms with Crippen molar-refractivity contribution in [2.24, 2.45) is 0 Å². The van der Waals surface area contributed by atoms with Crippen LogP contribution in [0.1, 0.15) is 30.0 Å². The number of Topliss-reactive ketones (excluding diaryl/α,β-unsaturated/α-hetero) is 2. The largest absolute Gasteiger partial charge is 0.481 e. The van der Waals surface area contributed by atoms with Crippen molar-refractivity contribution in [1.29, 1.82) is 0 Å². The zero-order valence-corrected chi connectivity index (χ0v) is 20.1. The molecular weight excluding hydrogens is 448 g/mol. The van der Waals surface area contributed by atoms with Gasteiger partial charge in [0.15, 0.2) is 12.4 Å². The van der Waals surface area contributed by atoms with Crippen molar-refractivity contribution in [1.82, 2.24) is 9.47 Å². The Bertz CT molecular complexity index is 1220. The molecular formula is C27H32N2O6. The Labute approximate surface area is 205 Å². The molecule has 0 saturated carbocycles. The smallest absolute Gasteiger partial charge is 0.344 e. The number of hydrogen-bond acceptors (Lipinski definition) is 7. The number of carbonyl (C=O) groups excluding carboxylic acids is 3. The third kappa shape index (κ3) is 5.78. The van der Waals surface area contributed by atoms with E-state index in [1.165, 1.54) is 6.92 Å². The van der Waals surface area contributed by atoms with Crippen molar-refractivity contribution in [3.05, 3.63) is 65.4 Å². The van der Waals surface area contributed by atoms with E-state index >= 15 is 0 Å². The molecule has 1 saturated heterocycles. The molecule has 1 aliphatic rings. The summed E-state index contributed by atoms with van der Waals surface area (Å²) in [6.07, 6.45) is 0. The normalized spacial score (nSPS) is 14.1. The summed E-state index contributed by atoms with van der Waals surface area (Å²) >= 11 is 0. The second-order valence-corrected chi connectivity index (χ2v) is 8.53. The zero-order chi connectivity index (χ0) is 24.8. The highest BCUT2D eigenvalue weighted by Gasteiger charge is 2.25. The number of rotatable bonds is 10. The molecule has 0 atom stereocenters. The molecule has 2 heterocycles. The summed E-state index contributed by atoms with van der Waals surface area (Å²) in [7, 11) is 0. The van der Waals surface area contributed by atoms with E-state index in [1.54, 1.807) is 6.07 Å². The lowest BCUT2D eigenvalue weighted by molar-refractivity contribution is -0.146. The van der Waals surface area contributed by atoms with Gasteiger partial charge in [-0.3, -0.25) is 14.5 Å². The van der Waals surface area contributed by atoms with Gasteiger partial charge in [0.05, 0.1) is 29.7 Å². The van der Waals surface area contributed by atoms with Crippen LogP contribution in [0.2, 0.25) is 0 Å². The van der Waals surface area contributed by atoms with Crippen molar-refractivity contribution in [2.75, 3.05) is 46.1 Å². The number of ether oxygens (including phenoxy) is 3. The molecule has 186 valence electrons. The number of hydrogen-bond donors (Lipinski definition) is 0. The van der Waals surface area contributed by atoms with Gasteiger partial charge in [-0.15, -0.1) is 0 Å². The second-order valence-electron chi connectivity index (χ2n) is 8.53. The van der Waals surface area contributed by atoms with Crippen LogP contribution in [0.15, 0.2) is 48.5 Å². The number of aromatic nitrogens is 1. The number of nitrogens with zero attached hydrogens (tertiary/aromatic N) is 2. The minimum Gasteiger partial charge on any atom is -0.481 e. The van der Waals surface area contributed by atoms with Crippen LogP contribution in [-0.4, -0.2) is 73.1 Å². The maximum absolute atomic E-state index is 12.9. The molecule has 35 heavy (non-hydrogen) atoms. The SMILES string of the molecule is CC(=O)C(=O)c1c(C)n(Cc2ccccc2)c2cccc(OCC(=O)OCCN3CCOCC3)c12.[HH]. The van der Waals surface area contributed by atoms with Crippen LogP contribution in [0, 0.1) is 6.92 Å². The minimum atomic E-state index is -0.580. The van der Waals surface area contributed by atoms with Gasteiger partial charge in [0.2, 0.25) is 5.78 Å². The topological polar surface area (TPSA) is 87.1 Å². The third-order valence-electron chi connectivity index (χ3n) is 6.16. The van der Waals surface area contributed by atoms with Crippen molar-refractivity contribution in [3.63, 3.8) is 0 Å². The Morgan fingerprint density at radius 1 is 1.03 bits per heavy atom. The third-order valence-corrected chi connectivity index (χ3v) is 6.16. The van der Waals surface area contributed by atoms with Gasteiger partial charge in [0, 0.05) is 40.2 Å². The number of ketones is 2. The van der Waals surface area contributed by atoms with E-state index < -0.39 is 17.5 Å². The molecule has 8 heteroatoms. The van der Waals surface area contributed by atoms with E-state index in [2.05, 4.69) is 4.90 Å². The molecule has 0 unspecified atom stereocenters. The lowest BCUT2D eigenvalue weighted by atomic mass is 10.0. The van der Waals surface area contributed by atoms with Crippen LogP contribution in [-0.2, 0) is 25.6 Å². The molecule has 1 fully saturated rings. The highest BCUT2D eigenvalue weighted by Crippen LogP contribution is 2.34. The highest BCUT2D eigenvalue weighted by atomic mass is 16.6. The van der Waals surface area contributed by atoms with Crippen LogP contribution < -0.4 is 4.74 Å². The summed E-state index contributed by atoms with van der Waals surface area (Å²) in [5.41, 5.74) is 2.80. The predicted octanol–water partition coefficient (Wildman–Crippen LogP) is 3.27. The van der Waals surface area contributed by atoms with Crippen LogP contribution >= 0.6 is 0 Å². The first-order valence-corrected chi connectivity index (χ1v) is 11.7. The zero-order valence-electron chi connectivity index (χ0n) is 20.1. The standard InChI is InChI=1S/C27H30N2O6.H2/c1-19-25(27(32)20(2)30)26-22(29(19)17-21-7-4-3-5-8-21)9-6-10-23(26)35-18-24(31)34-16-13-28-11-14-33-15-12-28;/h3-10H,11-18H2,1-2H3;1H. The molecule has 2 aromatic carbocycles. The van der Waals surface area contributed by atoms with Crippen molar-refractivity contribution >= 4 is 28.4 Å². The summed E-state index contributed by atoms with van der Waals surface area (Å²) in [4.78, 5) is 39.4. The van der Waals surface area contributed by atoms with Gasteiger partial charge in [-0.2, -0.15) is 0 Å². The average Bonchev–Trinajstić information content (AvgIpc) is 3.15. The molecule has 8 nitrogen and oxygen atoms in total. The molecule has 0 bridgehead atoms. The Kier molecular flexibility index (Phi) is 7.94. The fourth-order valence-corrected chi connectivity index (χ4v) is 4.33. The maximum atomic E-state index is 12.9. The molecule has 0 radical (unpaired) electrons. The molecule has 3 aromatic rings. The minimum absolute atomic E-state index is 0. The van der Waals surface area contributed by atoms with E-state index in [9.17, 15) is 14.4 Å². The van der Waals surface area contributed by atoms with Gasteiger partial charge in [0.1, 0.15) is 12.4 Å². The summed E-state index contributed by atoms with van der Waals surface area (Å²) < 4.78 is 18.5. The highest BCUT2D eigenvalue weighted by molar-refractivity contribution is 6.45. The summed E-state index contributed by atoms with van der Waals surface area (Å²) in [5.74, 6) is -1.25. The second kappa shape index (κ2) is 11.3. The molecule has 0 aliphatic carbocycles. The van der Waals surface area contributed by atoms with Gasteiger partial charge in [0.25, 0.3) is 0 Å². The first-order chi connectivity index (χ1) is 17.0. The van der Waals surface area contributed by atoms with Gasteiger partial charge in [-0.1, -0.05) is 36.4 Å². The van der Waals surface area contributed by atoms with E-state index in [0.717, 1.165) is 24.2 Å². The van der Waals surface area contributed by atoms with Gasteiger partial charge < -0.3 is 18.8 Å². The van der Waals surface area contributed by atoms with Crippen molar-refractivity contribution in [2.45, 2.75) is 20.4 Å². The number of esters is 1. The van der Waals surface area contributed by atoms with E-state index in [1.807, 2.05) is 54.0 Å². The molecule has 4 rings (SSSR count). The molecule has 0 N–H and O–H groups in total. The Morgan fingerprint density at radius 3 is 2.49 bits per heavy atom. The van der Waals surface area contributed by atoms with Crippen LogP contribution in [0.3, 0.4) is 0 Å². The average molecular weight is 481 g/mol. The lowest BCUT2D eigenvalue weighted by Crippen LogP contribution is -2.38. The molecule has 0 amide bonds. The van der Waals surface area contributed by atoms with Crippen LogP contribution in [0.25, 0.3) is 10.9 Å². The fourth-order valence-electron chi connectivity index (χ4n) is 4.33. The first kappa shape index (κ1) is 24.6. The Hall–Kier alpha value is -3.49. The molecule has 1 aliphatic heterocycles.